The third-order valence-electron chi connectivity index (χ3n) is 7.09. The number of carbonyl (C=O) groups is 2. The van der Waals surface area contributed by atoms with Gasteiger partial charge in [-0.05, 0) is 12.8 Å². The maximum absolute atomic E-state index is 11.9. The van der Waals surface area contributed by atoms with Crippen molar-refractivity contribution in [2.75, 3.05) is 13.2 Å². The van der Waals surface area contributed by atoms with E-state index < -0.39 is 6.10 Å². The van der Waals surface area contributed by atoms with E-state index in [1.165, 1.54) is 116 Å². The Hall–Kier alpha value is -1.10. The van der Waals surface area contributed by atoms with Crippen LogP contribution in [0.4, 0.5) is 0 Å². The van der Waals surface area contributed by atoms with Crippen molar-refractivity contribution >= 4 is 11.9 Å². The van der Waals surface area contributed by atoms with E-state index in [0.29, 0.717) is 12.8 Å². The highest BCUT2D eigenvalue weighted by atomic mass is 16.6. The number of esters is 2. The Bertz CT molecular complexity index is 494. The minimum absolute atomic E-state index is 0.108. The first-order valence-corrected chi connectivity index (χ1v) is 16.1. The van der Waals surface area contributed by atoms with Gasteiger partial charge in [-0.2, -0.15) is 0 Å². The molecule has 0 aromatic rings. The van der Waals surface area contributed by atoms with Crippen LogP contribution in [0.5, 0.6) is 0 Å². The molecule has 0 radical (unpaired) electrons. The zero-order valence-electron chi connectivity index (χ0n) is 24.7. The SMILES string of the molecule is CCCCCCCCCCCCCCCCC(=O)OC[C@H](O)COC(=O)CCCCCCCCCCC. The Labute approximate surface area is 229 Å². The van der Waals surface area contributed by atoms with E-state index in [4.69, 9.17) is 9.47 Å². The first kappa shape index (κ1) is 35.9. The van der Waals surface area contributed by atoms with Gasteiger partial charge >= 0.3 is 11.9 Å². The Morgan fingerprint density at radius 3 is 0.973 bits per heavy atom. The maximum Gasteiger partial charge on any atom is 0.305 e. The summed E-state index contributed by atoms with van der Waals surface area (Å²) in [4.78, 5) is 23.7. The van der Waals surface area contributed by atoms with E-state index in [1.54, 1.807) is 0 Å². The number of aliphatic hydroxyl groups excluding tert-OH is 1. The molecule has 0 heterocycles. The van der Waals surface area contributed by atoms with Crippen LogP contribution in [0.15, 0.2) is 0 Å². The fraction of sp³-hybridized carbons (Fsp3) is 0.938. The van der Waals surface area contributed by atoms with Gasteiger partial charge in [0, 0.05) is 12.8 Å². The van der Waals surface area contributed by atoms with Crippen molar-refractivity contribution in [1.29, 1.82) is 0 Å². The molecule has 0 saturated carbocycles. The average Bonchev–Trinajstić information content (AvgIpc) is 2.90. The van der Waals surface area contributed by atoms with Gasteiger partial charge in [0.25, 0.3) is 0 Å². The number of aliphatic hydroxyl groups is 1. The molecule has 0 aliphatic rings. The van der Waals surface area contributed by atoms with Crippen molar-refractivity contribution in [3.05, 3.63) is 0 Å². The number of ether oxygens (including phenoxy) is 2. The minimum atomic E-state index is -0.952. The molecule has 0 aliphatic carbocycles. The van der Waals surface area contributed by atoms with Crippen LogP contribution in [0.2, 0.25) is 0 Å². The van der Waals surface area contributed by atoms with E-state index >= 15 is 0 Å². The second kappa shape index (κ2) is 29.5. The largest absolute Gasteiger partial charge is 0.463 e. The van der Waals surface area contributed by atoms with Gasteiger partial charge in [0.15, 0.2) is 0 Å². The van der Waals surface area contributed by atoms with Gasteiger partial charge < -0.3 is 14.6 Å². The quantitative estimate of drug-likeness (QED) is 0.0776. The zero-order valence-corrected chi connectivity index (χ0v) is 24.7. The second-order valence-corrected chi connectivity index (χ2v) is 10.9. The summed E-state index contributed by atoms with van der Waals surface area (Å²) in [5.41, 5.74) is 0. The van der Waals surface area contributed by atoms with Crippen molar-refractivity contribution < 1.29 is 24.2 Å². The molecule has 0 fully saturated rings. The monoisotopic (exact) mass is 526 g/mol. The molecule has 220 valence electrons. The Kier molecular flexibility index (Phi) is 28.6. The minimum Gasteiger partial charge on any atom is -0.463 e. The zero-order chi connectivity index (χ0) is 27.2. The standard InChI is InChI=1S/C32H62O5/c1-3-5-7-9-11-13-14-15-16-17-19-21-23-25-27-32(35)37-29-30(33)28-36-31(34)26-24-22-20-18-12-10-8-6-4-2/h30,33H,3-29H2,1-2H3/t30-/m1/s1. The maximum atomic E-state index is 11.9. The molecule has 0 aliphatic heterocycles. The van der Waals surface area contributed by atoms with Gasteiger partial charge in [0.2, 0.25) is 0 Å². The van der Waals surface area contributed by atoms with Crippen LogP contribution in [0.3, 0.4) is 0 Å². The Morgan fingerprint density at radius 2 is 0.703 bits per heavy atom. The van der Waals surface area contributed by atoms with E-state index in [-0.39, 0.29) is 25.2 Å². The molecular formula is C32H62O5. The van der Waals surface area contributed by atoms with Gasteiger partial charge in [-0.3, -0.25) is 9.59 Å². The van der Waals surface area contributed by atoms with Crippen LogP contribution < -0.4 is 0 Å². The lowest BCUT2D eigenvalue weighted by Crippen LogP contribution is -2.25. The van der Waals surface area contributed by atoms with Gasteiger partial charge in [0.05, 0.1) is 0 Å². The summed E-state index contributed by atoms with van der Waals surface area (Å²) in [6.07, 6.45) is 28.6. The van der Waals surface area contributed by atoms with E-state index in [9.17, 15) is 14.7 Å². The lowest BCUT2D eigenvalue weighted by molar-refractivity contribution is -0.152. The van der Waals surface area contributed by atoms with Crippen LogP contribution >= 0.6 is 0 Å². The first-order chi connectivity index (χ1) is 18.1. The molecule has 5 nitrogen and oxygen atoms in total. The highest BCUT2D eigenvalue weighted by Crippen LogP contribution is 2.14. The summed E-state index contributed by atoms with van der Waals surface area (Å²) < 4.78 is 10.2. The normalized spacial score (nSPS) is 12.0. The highest BCUT2D eigenvalue weighted by molar-refractivity contribution is 5.69. The van der Waals surface area contributed by atoms with Gasteiger partial charge in [-0.25, -0.2) is 0 Å². The molecular weight excluding hydrogens is 464 g/mol. The number of carbonyl (C=O) groups excluding carboxylic acids is 2. The van der Waals surface area contributed by atoms with Gasteiger partial charge in [-0.1, -0.05) is 149 Å². The predicted molar refractivity (Wildman–Crippen MR) is 155 cm³/mol. The molecule has 0 spiro atoms. The molecule has 5 heteroatoms. The van der Waals surface area contributed by atoms with Crippen molar-refractivity contribution in [1.82, 2.24) is 0 Å². The molecule has 0 aromatic heterocycles. The number of hydrogen-bond acceptors (Lipinski definition) is 5. The van der Waals surface area contributed by atoms with Crippen molar-refractivity contribution in [2.45, 2.75) is 180 Å². The molecule has 0 unspecified atom stereocenters. The molecule has 0 saturated heterocycles. The Morgan fingerprint density at radius 1 is 0.459 bits per heavy atom. The molecule has 1 atom stereocenters. The fourth-order valence-corrected chi connectivity index (χ4v) is 4.61. The van der Waals surface area contributed by atoms with Gasteiger partial charge in [-0.15, -0.1) is 0 Å². The van der Waals surface area contributed by atoms with Crippen LogP contribution in [0.1, 0.15) is 174 Å². The third-order valence-corrected chi connectivity index (χ3v) is 7.09. The summed E-state index contributed by atoms with van der Waals surface area (Å²) in [5, 5.41) is 9.92. The summed E-state index contributed by atoms with van der Waals surface area (Å²) in [5.74, 6) is -0.560. The van der Waals surface area contributed by atoms with E-state index in [1.807, 2.05) is 0 Å². The lowest BCUT2D eigenvalue weighted by atomic mass is 10.0. The molecule has 0 amide bonds. The lowest BCUT2D eigenvalue weighted by Gasteiger charge is -2.12. The van der Waals surface area contributed by atoms with E-state index in [0.717, 1.165) is 32.1 Å². The van der Waals surface area contributed by atoms with E-state index in [2.05, 4.69) is 13.8 Å². The van der Waals surface area contributed by atoms with Crippen molar-refractivity contribution in [3.8, 4) is 0 Å². The topological polar surface area (TPSA) is 72.8 Å². The van der Waals surface area contributed by atoms with Crippen molar-refractivity contribution in [3.63, 3.8) is 0 Å². The molecule has 0 bridgehead atoms. The van der Waals surface area contributed by atoms with Crippen LogP contribution in [-0.2, 0) is 19.1 Å². The number of unbranched alkanes of at least 4 members (excludes halogenated alkanes) is 21. The van der Waals surface area contributed by atoms with Crippen LogP contribution in [0, 0.1) is 0 Å². The third kappa shape index (κ3) is 29.3. The summed E-state index contributed by atoms with van der Waals surface area (Å²) in [6, 6.07) is 0. The van der Waals surface area contributed by atoms with Gasteiger partial charge in [0.1, 0.15) is 19.3 Å². The van der Waals surface area contributed by atoms with Crippen molar-refractivity contribution in [2.24, 2.45) is 0 Å². The molecule has 37 heavy (non-hydrogen) atoms. The number of hydrogen-bond donors (Lipinski definition) is 1. The number of rotatable bonds is 29. The second-order valence-electron chi connectivity index (χ2n) is 10.9. The average molecular weight is 527 g/mol. The summed E-state index contributed by atoms with van der Waals surface area (Å²) in [7, 11) is 0. The molecule has 1 N–H and O–H groups in total. The fourth-order valence-electron chi connectivity index (χ4n) is 4.61. The summed E-state index contributed by atoms with van der Waals surface area (Å²) in [6.45, 7) is 4.28. The Balaban J connectivity index is 3.40. The molecule has 0 aromatic carbocycles. The van der Waals surface area contributed by atoms with Crippen LogP contribution in [0.25, 0.3) is 0 Å². The highest BCUT2D eigenvalue weighted by Gasteiger charge is 2.12. The predicted octanol–water partition coefficient (Wildman–Crippen LogP) is 9.23. The smallest absolute Gasteiger partial charge is 0.305 e. The van der Waals surface area contributed by atoms with Crippen LogP contribution in [-0.4, -0.2) is 36.4 Å². The molecule has 0 rings (SSSR count). The summed E-state index contributed by atoms with van der Waals surface area (Å²) >= 11 is 0. The first-order valence-electron chi connectivity index (χ1n) is 16.1.